The molecule has 72 valence electrons. The van der Waals surface area contributed by atoms with Gasteiger partial charge in [-0.2, -0.15) is 0 Å². The van der Waals surface area contributed by atoms with Gasteiger partial charge < -0.3 is 0 Å². The SMILES string of the molecule is [O]=[Ca].[O]=[Zr]=[O].[O]=[Zr]=[O].[O]=[Zr]=[O].[O]=[Zr]=[O]. The molecule has 9 nitrogen and oxygen atoms in total. The molecule has 0 radical (unpaired) electrons. The summed E-state index contributed by atoms with van der Waals surface area (Å²) in [7, 11) is 0. The van der Waals surface area contributed by atoms with Crippen LogP contribution in [0.1, 0.15) is 0 Å². The van der Waals surface area contributed by atoms with Crippen LogP contribution >= 0.6 is 0 Å². The summed E-state index contributed by atoms with van der Waals surface area (Å²) in [6.45, 7) is 0. The molecule has 0 rings (SSSR count). The fourth-order valence-corrected chi connectivity index (χ4v) is 0. The minimum atomic E-state index is -2.27. The van der Waals surface area contributed by atoms with Gasteiger partial charge in [-0.3, -0.25) is 0 Å². The van der Waals surface area contributed by atoms with Crippen LogP contribution in [-0.2, 0) is 117 Å². The zero-order chi connectivity index (χ0) is 12.8. The van der Waals surface area contributed by atoms with Gasteiger partial charge in [0.1, 0.15) is 0 Å². The van der Waals surface area contributed by atoms with E-state index in [9.17, 15) is 0 Å². The van der Waals surface area contributed by atoms with Gasteiger partial charge in [-0.25, -0.2) is 0 Å². The van der Waals surface area contributed by atoms with Crippen LogP contribution in [-0.4, -0.2) is 35.9 Å². The molecule has 0 saturated carbocycles. The van der Waals surface area contributed by atoms with Crippen molar-refractivity contribution < 1.29 is 117 Å². The third-order valence-corrected chi connectivity index (χ3v) is 0. The van der Waals surface area contributed by atoms with Crippen LogP contribution in [0.4, 0.5) is 0 Å². The average Bonchev–Trinajstić information content (AvgIpc) is 2.12. The molecule has 0 amide bonds. The summed E-state index contributed by atoms with van der Waals surface area (Å²) >= 11 is -8.95. The van der Waals surface area contributed by atoms with Gasteiger partial charge in [0.25, 0.3) is 0 Å². The summed E-state index contributed by atoms with van der Waals surface area (Å²) in [6.07, 6.45) is 0. The molecular weight excluding hydrogens is 549 g/mol. The van der Waals surface area contributed by atoms with E-state index in [-0.39, 0.29) is 35.9 Å². The van der Waals surface area contributed by atoms with Crippen LogP contribution in [0.3, 0.4) is 0 Å². The zero-order valence-electron chi connectivity index (χ0n) is 6.38. The minimum absolute atomic E-state index is 0.125. The Balaban J connectivity index is -0.0000000243. The molecule has 0 spiro atoms. The first kappa shape index (κ1) is 30.2. The Morgan fingerprint density at radius 2 is 0.429 bits per heavy atom. The molecule has 14 heavy (non-hydrogen) atoms. The van der Waals surface area contributed by atoms with Crippen LogP contribution in [0, 0.1) is 0 Å². The van der Waals surface area contributed by atoms with Crippen molar-refractivity contribution in [2.75, 3.05) is 0 Å². The second-order valence-electron chi connectivity index (χ2n) is 0.333. The van der Waals surface area contributed by atoms with Crippen molar-refractivity contribution in [1.29, 1.82) is 0 Å². The van der Waals surface area contributed by atoms with Crippen LogP contribution in [0.5, 0.6) is 0 Å². The van der Waals surface area contributed by atoms with E-state index in [4.69, 9.17) is 23.9 Å². The Morgan fingerprint density at radius 3 is 0.429 bits per heavy atom. The van der Waals surface area contributed by atoms with Crippen molar-refractivity contribution in [1.82, 2.24) is 0 Å². The first-order valence-electron chi connectivity index (χ1n) is 1.92. The average molecular weight is 549 g/mol. The Labute approximate surface area is 149 Å². The zero-order valence-corrected chi connectivity index (χ0v) is 18.4. The second-order valence-corrected chi connectivity index (χ2v) is 1.97. The van der Waals surface area contributed by atoms with Gasteiger partial charge in [0.2, 0.25) is 0 Å². The molecule has 0 heterocycles. The molecule has 0 aliphatic rings. The van der Waals surface area contributed by atoms with Crippen molar-refractivity contribution in [2.45, 2.75) is 0 Å². The first-order valence-corrected chi connectivity index (χ1v) is 10.9. The molecule has 0 aromatic rings. The predicted molar refractivity (Wildman–Crippen MR) is 11.9 cm³/mol. The standard InChI is InChI=1S/Ca.9O.4Zr. The number of hydrogen-bond acceptors (Lipinski definition) is 9. The summed E-state index contributed by atoms with van der Waals surface area (Å²) in [6, 6.07) is 0. The second kappa shape index (κ2) is 73.5. The van der Waals surface area contributed by atoms with E-state index in [2.05, 4.69) is 0 Å². The molecule has 0 aromatic heterocycles. The van der Waals surface area contributed by atoms with Crippen molar-refractivity contribution >= 4 is 35.9 Å². The summed E-state index contributed by atoms with van der Waals surface area (Å²) in [5.74, 6) is 0. The maximum absolute atomic E-state index is 8.54. The fraction of sp³-hybridized carbons (Fsp3) is 0. The third-order valence-electron chi connectivity index (χ3n) is 0. The Morgan fingerprint density at radius 1 is 0.429 bits per heavy atom. The van der Waals surface area contributed by atoms with E-state index < -0.39 is 93.0 Å². The van der Waals surface area contributed by atoms with Crippen molar-refractivity contribution in [2.24, 2.45) is 0 Å². The summed E-state index contributed by atoms with van der Waals surface area (Å²) < 4.78 is 76.7. The molecule has 0 aliphatic heterocycles. The molecule has 0 N–H and O–H groups in total. The quantitative estimate of drug-likeness (QED) is 0.330. The molecule has 0 aromatic carbocycles. The summed E-state index contributed by atoms with van der Waals surface area (Å²) in [5.41, 5.74) is 0. The molecule has 0 saturated heterocycles. The molecule has 0 unspecified atom stereocenters. The monoisotopic (exact) mass is 544 g/mol. The topological polar surface area (TPSA) is 154 Å². The van der Waals surface area contributed by atoms with Crippen LogP contribution in [0.15, 0.2) is 0 Å². The van der Waals surface area contributed by atoms with Gasteiger partial charge in [-0.15, -0.1) is 0 Å². The molecule has 0 fully saturated rings. The van der Waals surface area contributed by atoms with Crippen molar-refractivity contribution in [3.63, 3.8) is 0 Å². The number of hydrogen-bond donors (Lipinski definition) is 0. The van der Waals surface area contributed by atoms with Gasteiger partial charge in [-0.1, -0.05) is 0 Å². The van der Waals surface area contributed by atoms with Gasteiger partial charge >= 0.3 is 153 Å². The fourth-order valence-electron chi connectivity index (χ4n) is 0. The van der Waals surface area contributed by atoms with E-state index in [0.29, 0.717) is 0 Å². The normalized spacial score (nSPS) is 2.71. The van der Waals surface area contributed by atoms with Crippen molar-refractivity contribution in [3.8, 4) is 0 Å². The molecule has 14 heteroatoms. The summed E-state index contributed by atoms with van der Waals surface area (Å²) in [5, 5.41) is 0. The van der Waals surface area contributed by atoms with Gasteiger partial charge in [0.05, 0.1) is 0 Å². The molecule has 0 atom stereocenters. The van der Waals surface area contributed by atoms with Gasteiger partial charge in [-0.05, 0) is 0 Å². The van der Waals surface area contributed by atoms with Crippen LogP contribution in [0.2, 0.25) is 0 Å². The van der Waals surface area contributed by atoms with E-state index >= 15 is 0 Å². The van der Waals surface area contributed by atoms with E-state index in [1.165, 1.54) is 0 Å². The van der Waals surface area contributed by atoms with E-state index in [0.717, 1.165) is 0 Å². The number of rotatable bonds is 0. The van der Waals surface area contributed by atoms with Crippen molar-refractivity contribution in [3.05, 3.63) is 0 Å². The predicted octanol–water partition coefficient (Wildman–Crippen LogP) is -1.46. The van der Waals surface area contributed by atoms with Crippen LogP contribution < -0.4 is 0 Å². The summed E-state index contributed by atoms with van der Waals surface area (Å²) in [4.78, 5) is 0. The van der Waals surface area contributed by atoms with E-state index in [1.54, 1.807) is 0 Å². The van der Waals surface area contributed by atoms with Gasteiger partial charge in [0, 0.05) is 0 Å². The molecular formula is CaO9Zr4. The van der Waals surface area contributed by atoms with Gasteiger partial charge in [0.15, 0.2) is 0 Å². The Bertz CT molecular complexity index is 161. The molecule has 0 bridgehead atoms. The first-order chi connectivity index (χ1) is 6.66. The third kappa shape index (κ3) is 328. The van der Waals surface area contributed by atoms with Crippen LogP contribution in [0.25, 0.3) is 0 Å². The van der Waals surface area contributed by atoms with E-state index in [1.807, 2.05) is 0 Å². The maximum atomic E-state index is 8.54. The Hall–Kier alpha value is 2.99. The molecule has 0 aliphatic carbocycles. The Kier molecular flexibility index (Phi) is 159.